The number of amides is 1. The molecule has 0 bridgehead atoms. The molecule has 2 aromatic rings. The van der Waals surface area contributed by atoms with Crippen molar-refractivity contribution < 1.29 is 19.1 Å². The molecular formula is C18H20N2O4. The molecule has 0 aliphatic carbocycles. The molecule has 0 aliphatic heterocycles. The van der Waals surface area contributed by atoms with E-state index in [2.05, 4.69) is 10.5 Å². The van der Waals surface area contributed by atoms with Crippen molar-refractivity contribution >= 4 is 17.8 Å². The maximum Gasteiger partial charge on any atom is 0.265 e. The van der Waals surface area contributed by atoms with Crippen LogP contribution in [0.1, 0.15) is 12.5 Å². The quantitative estimate of drug-likeness (QED) is 0.597. The second-order valence-electron chi connectivity index (χ2n) is 4.77. The Kier molecular flexibility index (Phi) is 6.64. The number of methoxy groups -OCH3 is 1. The Hall–Kier alpha value is -3.02. The van der Waals surface area contributed by atoms with Gasteiger partial charge in [0.2, 0.25) is 0 Å². The van der Waals surface area contributed by atoms with E-state index in [0.717, 1.165) is 5.56 Å². The lowest BCUT2D eigenvalue weighted by molar-refractivity contribution is -0.120. The third-order valence-corrected chi connectivity index (χ3v) is 3.02. The highest BCUT2D eigenvalue weighted by Crippen LogP contribution is 2.27. The molecule has 0 unspecified atom stereocenters. The molecule has 0 saturated carbocycles. The number of nitrogens with zero attached hydrogens (tertiary/aromatic N) is 1. The predicted octanol–water partition coefficient (Wildman–Crippen LogP) is 3.08. The highest BCUT2D eigenvalue weighted by atomic mass is 16.6. The maximum atomic E-state index is 11.7. The van der Waals surface area contributed by atoms with Gasteiger partial charge >= 0.3 is 0 Å². The highest BCUT2D eigenvalue weighted by Gasteiger charge is 2.05. The first kappa shape index (κ1) is 17.3. The van der Waals surface area contributed by atoms with E-state index in [0.29, 0.717) is 23.8 Å². The van der Waals surface area contributed by atoms with Gasteiger partial charge in [0.25, 0.3) is 5.91 Å². The van der Waals surface area contributed by atoms with Gasteiger partial charge in [-0.3, -0.25) is 4.79 Å². The Morgan fingerprint density at radius 1 is 1.17 bits per heavy atom. The normalized spacial score (nSPS) is 10.4. The van der Waals surface area contributed by atoms with E-state index in [9.17, 15) is 4.79 Å². The summed E-state index contributed by atoms with van der Waals surface area (Å²) in [7, 11) is 1.58. The van der Waals surface area contributed by atoms with Gasteiger partial charge in [-0.05, 0) is 37.3 Å². The van der Waals surface area contributed by atoms with Gasteiger partial charge in [0.15, 0.2) is 18.1 Å². The predicted molar refractivity (Wildman–Crippen MR) is 92.8 cm³/mol. The molecular weight excluding hydrogens is 308 g/mol. The summed E-state index contributed by atoms with van der Waals surface area (Å²) >= 11 is 0. The van der Waals surface area contributed by atoms with Crippen molar-refractivity contribution in [3.63, 3.8) is 0 Å². The fourth-order valence-corrected chi connectivity index (χ4v) is 1.95. The summed E-state index contributed by atoms with van der Waals surface area (Å²) < 4.78 is 10.7. The summed E-state index contributed by atoms with van der Waals surface area (Å²) in [6, 6.07) is 14.6. The fraction of sp³-hybridized carbons (Fsp3) is 0.222. The third kappa shape index (κ3) is 5.31. The lowest BCUT2D eigenvalue weighted by Gasteiger charge is -2.09. The van der Waals surface area contributed by atoms with Crippen molar-refractivity contribution in [1.82, 2.24) is 0 Å². The molecule has 6 nitrogen and oxygen atoms in total. The van der Waals surface area contributed by atoms with Crippen LogP contribution < -0.4 is 14.8 Å². The van der Waals surface area contributed by atoms with Crippen LogP contribution >= 0.6 is 0 Å². The minimum absolute atomic E-state index is 0.167. The number of hydrogen-bond donors (Lipinski definition) is 1. The molecule has 1 N–H and O–H groups in total. The topological polar surface area (TPSA) is 69.2 Å². The van der Waals surface area contributed by atoms with Crippen molar-refractivity contribution in [3.8, 4) is 11.5 Å². The summed E-state index contributed by atoms with van der Waals surface area (Å²) in [5, 5.41) is 6.50. The Morgan fingerprint density at radius 2 is 1.96 bits per heavy atom. The second kappa shape index (κ2) is 9.19. The van der Waals surface area contributed by atoms with Crippen LogP contribution in [0.15, 0.2) is 53.7 Å². The van der Waals surface area contributed by atoms with Crippen molar-refractivity contribution in [2.24, 2.45) is 5.16 Å². The molecule has 0 spiro atoms. The molecule has 0 fully saturated rings. The van der Waals surface area contributed by atoms with Crippen molar-refractivity contribution in [2.75, 3.05) is 25.6 Å². The summed E-state index contributed by atoms with van der Waals surface area (Å²) in [6.45, 7) is 2.27. The van der Waals surface area contributed by atoms with Crippen LogP contribution in [0.2, 0.25) is 0 Å². The van der Waals surface area contributed by atoms with Gasteiger partial charge in [0.1, 0.15) is 0 Å². The van der Waals surface area contributed by atoms with Crippen molar-refractivity contribution in [1.29, 1.82) is 0 Å². The number of carbonyl (C=O) groups excluding carboxylic acids is 1. The number of anilines is 1. The lowest BCUT2D eigenvalue weighted by Crippen LogP contribution is -2.16. The second-order valence-corrected chi connectivity index (χ2v) is 4.77. The number of nitrogens with one attached hydrogen (secondary N) is 1. The Labute approximate surface area is 141 Å². The first-order valence-electron chi connectivity index (χ1n) is 7.54. The highest BCUT2D eigenvalue weighted by molar-refractivity contribution is 5.91. The average molecular weight is 328 g/mol. The SMILES string of the molecule is CCOc1cc(C=NOCC(=O)Nc2ccccc2)ccc1OC. The zero-order chi connectivity index (χ0) is 17.2. The molecule has 0 aromatic heterocycles. The smallest absolute Gasteiger partial charge is 0.265 e. The van der Waals surface area contributed by atoms with Crippen LogP contribution in [0.5, 0.6) is 11.5 Å². The summed E-state index contributed by atoms with van der Waals surface area (Å²) in [6.07, 6.45) is 1.51. The molecule has 0 aliphatic rings. The number of rotatable bonds is 8. The number of carbonyl (C=O) groups is 1. The number of benzene rings is 2. The van der Waals surface area contributed by atoms with Gasteiger partial charge in [0.05, 0.1) is 19.9 Å². The van der Waals surface area contributed by atoms with Gasteiger partial charge in [-0.15, -0.1) is 0 Å². The summed E-state index contributed by atoms with van der Waals surface area (Å²) in [5.74, 6) is 1.01. The van der Waals surface area contributed by atoms with Gasteiger partial charge in [-0.1, -0.05) is 23.4 Å². The van der Waals surface area contributed by atoms with Gasteiger partial charge < -0.3 is 19.6 Å². The van der Waals surface area contributed by atoms with E-state index in [4.69, 9.17) is 14.3 Å². The molecule has 2 aromatic carbocycles. The van der Waals surface area contributed by atoms with Crippen LogP contribution in [0.3, 0.4) is 0 Å². The van der Waals surface area contributed by atoms with Crippen LogP contribution in [0.4, 0.5) is 5.69 Å². The van der Waals surface area contributed by atoms with Crippen LogP contribution in [0, 0.1) is 0 Å². The molecule has 0 heterocycles. The minimum Gasteiger partial charge on any atom is -0.493 e. The van der Waals surface area contributed by atoms with Crippen molar-refractivity contribution in [3.05, 3.63) is 54.1 Å². The van der Waals surface area contributed by atoms with E-state index >= 15 is 0 Å². The van der Waals surface area contributed by atoms with Gasteiger partial charge in [0, 0.05) is 11.3 Å². The number of ether oxygens (including phenoxy) is 2. The minimum atomic E-state index is -0.275. The average Bonchev–Trinajstić information content (AvgIpc) is 2.60. The first-order valence-corrected chi connectivity index (χ1v) is 7.54. The molecule has 6 heteroatoms. The molecule has 0 saturated heterocycles. The Morgan fingerprint density at radius 3 is 2.67 bits per heavy atom. The van der Waals surface area contributed by atoms with Crippen LogP contribution in [-0.2, 0) is 9.63 Å². The fourth-order valence-electron chi connectivity index (χ4n) is 1.95. The van der Waals surface area contributed by atoms with Crippen LogP contribution in [0.25, 0.3) is 0 Å². The van der Waals surface area contributed by atoms with E-state index in [1.807, 2.05) is 31.2 Å². The number of hydrogen-bond acceptors (Lipinski definition) is 5. The van der Waals surface area contributed by atoms with E-state index in [-0.39, 0.29) is 12.5 Å². The molecule has 1 amide bonds. The largest absolute Gasteiger partial charge is 0.493 e. The third-order valence-electron chi connectivity index (χ3n) is 3.02. The van der Waals surface area contributed by atoms with E-state index in [1.165, 1.54) is 6.21 Å². The summed E-state index contributed by atoms with van der Waals surface area (Å²) in [4.78, 5) is 16.7. The van der Waals surface area contributed by atoms with Gasteiger partial charge in [-0.2, -0.15) is 0 Å². The van der Waals surface area contributed by atoms with Crippen LogP contribution in [-0.4, -0.2) is 32.4 Å². The lowest BCUT2D eigenvalue weighted by atomic mass is 10.2. The molecule has 0 atom stereocenters. The zero-order valence-corrected chi connectivity index (χ0v) is 13.7. The number of para-hydroxylation sites is 1. The van der Waals surface area contributed by atoms with Crippen molar-refractivity contribution in [2.45, 2.75) is 6.92 Å². The molecule has 0 radical (unpaired) electrons. The Bertz CT molecular complexity index is 687. The van der Waals surface area contributed by atoms with E-state index in [1.54, 1.807) is 31.4 Å². The summed E-state index contributed by atoms with van der Waals surface area (Å²) in [5.41, 5.74) is 1.49. The number of oxime groups is 1. The molecule has 2 rings (SSSR count). The maximum absolute atomic E-state index is 11.7. The molecule has 126 valence electrons. The van der Waals surface area contributed by atoms with E-state index < -0.39 is 0 Å². The zero-order valence-electron chi connectivity index (χ0n) is 13.7. The monoisotopic (exact) mass is 328 g/mol. The Balaban J connectivity index is 1.85. The van der Waals surface area contributed by atoms with Gasteiger partial charge in [-0.25, -0.2) is 0 Å². The molecule has 24 heavy (non-hydrogen) atoms. The standard InChI is InChI=1S/C18H20N2O4/c1-3-23-17-11-14(9-10-16(17)22-2)12-19-24-13-18(21)20-15-7-5-4-6-8-15/h4-12H,3,13H2,1-2H3,(H,20,21). The first-order chi connectivity index (χ1) is 11.7.